The Morgan fingerprint density at radius 1 is 1.12 bits per heavy atom. The number of hydrogen-bond donors (Lipinski definition) is 2. The van der Waals surface area contributed by atoms with Crippen LogP contribution in [0, 0.1) is 17.7 Å². The summed E-state index contributed by atoms with van der Waals surface area (Å²) in [5, 5.41) is 7.19. The maximum atomic E-state index is 13.4. The third-order valence-corrected chi connectivity index (χ3v) is 6.94. The lowest BCUT2D eigenvalue weighted by atomic mass is 9.74. The van der Waals surface area contributed by atoms with Crippen molar-refractivity contribution < 1.29 is 9.13 Å². The Morgan fingerprint density at radius 3 is 2.44 bits per heavy atom. The summed E-state index contributed by atoms with van der Waals surface area (Å²) >= 11 is 5.56. The Labute approximate surface area is 195 Å². The zero-order valence-corrected chi connectivity index (χ0v) is 19.8. The molecular formula is C25H33FN4OS. The van der Waals surface area contributed by atoms with Crippen LogP contribution in [-0.4, -0.2) is 42.9 Å². The molecule has 2 aliphatic heterocycles. The van der Waals surface area contributed by atoms with Crippen LogP contribution in [0.4, 0.5) is 15.9 Å². The lowest BCUT2D eigenvalue weighted by Gasteiger charge is -2.38. The standard InChI is InChI=1S/C25H33FN4OS/c1-18-13-19(2)16-30(15-18)23-8-7-22(14-27-23)29-24(32)28-17-25(9-11-31-12-10-25)20-3-5-21(26)6-4-20/h3-8,14,18-19H,9-13,15-17H2,1-2H3,(H2,28,29,32)/t18-,19-/m0/s1. The zero-order valence-electron chi connectivity index (χ0n) is 18.9. The van der Waals surface area contributed by atoms with E-state index in [0.717, 1.165) is 43.0 Å². The number of anilines is 2. The Balaban J connectivity index is 1.36. The van der Waals surface area contributed by atoms with Crippen LogP contribution in [0.2, 0.25) is 0 Å². The maximum Gasteiger partial charge on any atom is 0.170 e. The van der Waals surface area contributed by atoms with Crippen molar-refractivity contribution >= 4 is 28.8 Å². The number of nitrogens with zero attached hydrogens (tertiary/aromatic N) is 2. The molecule has 7 heteroatoms. The van der Waals surface area contributed by atoms with Gasteiger partial charge in [-0.25, -0.2) is 9.37 Å². The molecule has 0 bridgehead atoms. The van der Waals surface area contributed by atoms with Crippen LogP contribution in [0.3, 0.4) is 0 Å². The second-order valence-electron chi connectivity index (χ2n) is 9.46. The van der Waals surface area contributed by atoms with Crippen LogP contribution >= 0.6 is 12.2 Å². The van der Waals surface area contributed by atoms with E-state index in [1.807, 2.05) is 24.4 Å². The molecule has 3 heterocycles. The van der Waals surface area contributed by atoms with Gasteiger partial charge in [-0.1, -0.05) is 26.0 Å². The van der Waals surface area contributed by atoms with Crippen LogP contribution in [0.1, 0.15) is 38.7 Å². The van der Waals surface area contributed by atoms with Gasteiger partial charge in [-0.05, 0) is 73.1 Å². The summed E-state index contributed by atoms with van der Waals surface area (Å²) in [7, 11) is 0. The van der Waals surface area contributed by atoms with E-state index >= 15 is 0 Å². The molecule has 0 unspecified atom stereocenters. The highest BCUT2D eigenvalue weighted by Crippen LogP contribution is 2.34. The van der Waals surface area contributed by atoms with Gasteiger partial charge in [0.1, 0.15) is 11.6 Å². The third-order valence-electron chi connectivity index (χ3n) is 6.69. The van der Waals surface area contributed by atoms with Crippen molar-refractivity contribution in [3.05, 3.63) is 54.0 Å². The molecule has 2 atom stereocenters. The molecule has 2 aliphatic rings. The van der Waals surface area contributed by atoms with E-state index in [1.165, 1.54) is 18.6 Å². The fourth-order valence-corrected chi connectivity index (χ4v) is 5.24. The predicted molar refractivity (Wildman–Crippen MR) is 132 cm³/mol. The van der Waals surface area contributed by atoms with Gasteiger partial charge in [0.05, 0.1) is 11.9 Å². The van der Waals surface area contributed by atoms with Gasteiger partial charge in [-0.15, -0.1) is 0 Å². The van der Waals surface area contributed by atoms with E-state index in [4.69, 9.17) is 17.0 Å². The first kappa shape index (κ1) is 22.9. The van der Waals surface area contributed by atoms with Gasteiger partial charge in [0.15, 0.2) is 5.11 Å². The van der Waals surface area contributed by atoms with Crippen LogP contribution in [0.25, 0.3) is 0 Å². The second kappa shape index (κ2) is 10.1. The molecule has 2 N–H and O–H groups in total. The minimum absolute atomic E-state index is 0.124. The monoisotopic (exact) mass is 456 g/mol. The van der Waals surface area contributed by atoms with Crippen LogP contribution in [0.15, 0.2) is 42.6 Å². The smallest absolute Gasteiger partial charge is 0.170 e. The van der Waals surface area contributed by atoms with Crippen molar-refractivity contribution in [1.29, 1.82) is 0 Å². The molecule has 0 amide bonds. The molecule has 0 radical (unpaired) electrons. The largest absolute Gasteiger partial charge is 0.381 e. The number of halogens is 1. The second-order valence-corrected chi connectivity index (χ2v) is 9.87. The van der Waals surface area contributed by atoms with Crippen LogP contribution in [0.5, 0.6) is 0 Å². The molecule has 1 aromatic carbocycles. The summed E-state index contributed by atoms with van der Waals surface area (Å²) in [6, 6.07) is 10.9. The Hall–Kier alpha value is -2.25. The number of ether oxygens (including phenoxy) is 1. The van der Waals surface area contributed by atoms with E-state index in [0.29, 0.717) is 36.7 Å². The first-order valence-electron chi connectivity index (χ1n) is 11.5. The van der Waals surface area contributed by atoms with E-state index in [9.17, 15) is 4.39 Å². The number of benzene rings is 1. The van der Waals surface area contributed by atoms with Gasteiger partial charge in [0, 0.05) is 38.3 Å². The lowest BCUT2D eigenvalue weighted by Crippen LogP contribution is -2.45. The number of aromatic nitrogens is 1. The molecule has 0 aliphatic carbocycles. The number of rotatable bonds is 5. The molecule has 0 saturated carbocycles. The number of nitrogens with one attached hydrogen (secondary N) is 2. The van der Waals surface area contributed by atoms with E-state index < -0.39 is 0 Å². The first-order valence-corrected chi connectivity index (χ1v) is 11.9. The summed E-state index contributed by atoms with van der Waals surface area (Å²) in [6.45, 7) is 8.78. The molecule has 32 heavy (non-hydrogen) atoms. The molecule has 172 valence electrons. The average molecular weight is 457 g/mol. The normalized spacial score (nSPS) is 22.9. The maximum absolute atomic E-state index is 13.4. The minimum atomic E-state index is -0.217. The molecule has 2 fully saturated rings. The summed E-state index contributed by atoms with van der Waals surface area (Å²) < 4.78 is 19.0. The molecule has 2 aromatic rings. The highest BCUT2D eigenvalue weighted by Gasteiger charge is 2.34. The number of pyridine rings is 1. The average Bonchev–Trinajstić information content (AvgIpc) is 2.79. The summed E-state index contributed by atoms with van der Waals surface area (Å²) in [5.74, 6) is 2.18. The van der Waals surface area contributed by atoms with Crippen LogP contribution < -0.4 is 15.5 Å². The Bertz CT molecular complexity index is 889. The molecule has 4 rings (SSSR count). The fourth-order valence-electron chi connectivity index (χ4n) is 5.05. The first-order chi connectivity index (χ1) is 15.4. The van der Waals surface area contributed by atoms with Crippen molar-refractivity contribution in [3.63, 3.8) is 0 Å². The minimum Gasteiger partial charge on any atom is -0.381 e. The predicted octanol–water partition coefficient (Wildman–Crippen LogP) is 4.74. The number of piperidine rings is 1. The van der Waals surface area contributed by atoms with Gasteiger partial charge in [-0.3, -0.25) is 0 Å². The van der Waals surface area contributed by atoms with Gasteiger partial charge >= 0.3 is 0 Å². The quantitative estimate of drug-likeness (QED) is 0.634. The number of hydrogen-bond acceptors (Lipinski definition) is 4. The topological polar surface area (TPSA) is 49.4 Å². The Kier molecular flexibility index (Phi) is 7.26. The molecule has 0 spiro atoms. The summed E-state index contributed by atoms with van der Waals surface area (Å²) in [4.78, 5) is 7.04. The van der Waals surface area contributed by atoms with Crippen molar-refractivity contribution in [2.45, 2.75) is 38.5 Å². The Morgan fingerprint density at radius 2 is 1.81 bits per heavy atom. The zero-order chi connectivity index (χ0) is 22.6. The van der Waals surface area contributed by atoms with Gasteiger partial charge in [0.25, 0.3) is 0 Å². The van der Waals surface area contributed by atoms with Gasteiger partial charge in [-0.2, -0.15) is 0 Å². The SMILES string of the molecule is C[C@H]1C[C@H](C)CN(c2ccc(NC(=S)NCC3(c4ccc(F)cc4)CCOCC3)cn2)C1. The van der Waals surface area contributed by atoms with Crippen molar-refractivity contribution in [2.24, 2.45) is 11.8 Å². The lowest BCUT2D eigenvalue weighted by molar-refractivity contribution is 0.0515. The van der Waals surface area contributed by atoms with Gasteiger partial charge < -0.3 is 20.3 Å². The highest BCUT2D eigenvalue weighted by atomic mass is 32.1. The van der Waals surface area contributed by atoms with Crippen molar-refractivity contribution in [2.75, 3.05) is 43.1 Å². The van der Waals surface area contributed by atoms with Crippen molar-refractivity contribution in [3.8, 4) is 0 Å². The highest BCUT2D eigenvalue weighted by molar-refractivity contribution is 7.80. The summed E-state index contributed by atoms with van der Waals surface area (Å²) in [5.41, 5.74) is 1.86. The van der Waals surface area contributed by atoms with Crippen molar-refractivity contribution in [1.82, 2.24) is 10.3 Å². The van der Waals surface area contributed by atoms with Crippen LogP contribution in [-0.2, 0) is 10.2 Å². The van der Waals surface area contributed by atoms with E-state index in [-0.39, 0.29) is 11.2 Å². The third kappa shape index (κ3) is 5.56. The number of thiocarbonyl (C=S) groups is 1. The van der Waals surface area contributed by atoms with E-state index in [2.05, 4.69) is 40.4 Å². The molecule has 1 aromatic heterocycles. The molecular weight excluding hydrogens is 423 g/mol. The molecule has 2 saturated heterocycles. The fraction of sp³-hybridized carbons (Fsp3) is 0.520. The van der Waals surface area contributed by atoms with Gasteiger partial charge in [0.2, 0.25) is 0 Å². The molecule has 5 nitrogen and oxygen atoms in total. The van der Waals surface area contributed by atoms with E-state index in [1.54, 1.807) is 0 Å². The summed E-state index contributed by atoms with van der Waals surface area (Å²) in [6.07, 6.45) is 4.87.